The zero-order valence-corrected chi connectivity index (χ0v) is 23.6. The predicted molar refractivity (Wildman–Crippen MR) is 167 cm³/mol. The van der Waals surface area contributed by atoms with Gasteiger partial charge in [0.15, 0.2) is 0 Å². The van der Waals surface area contributed by atoms with Crippen LogP contribution in [0.4, 0.5) is 0 Å². The van der Waals surface area contributed by atoms with Gasteiger partial charge in [0.1, 0.15) is 0 Å². The summed E-state index contributed by atoms with van der Waals surface area (Å²) in [6.45, 7) is 21.2. The molecule has 1 heterocycles. The average Bonchev–Trinajstić information content (AvgIpc) is 3.44. The molecule has 2 aromatic carbocycles. The standard InChI is InChI=1S/C31H36O.2C2H6.CH4/c1-24(2)13-18-31(30-11-6-5-7-12-30)22-26(4)25(3)21-28-16-14-27(15-17-28)9-8-10-29-19-20-32-23-29;2*1-2;/h5-7,11-12,14-17,19-20,22-24H,3-4,8-10,13,18,21H2,1-2H3;2*1-2H3;1H4/b31-22+;;;. The summed E-state index contributed by atoms with van der Waals surface area (Å²) in [6, 6.07) is 21.6. The molecule has 0 atom stereocenters. The summed E-state index contributed by atoms with van der Waals surface area (Å²) in [7, 11) is 0. The smallest absolute Gasteiger partial charge is 0.0934 e. The number of furan rings is 1. The van der Waals surface area contributed by atoms with E-state index in [0.29, 0.717) is 5.92 Å². The minimum absolute atomic E-state index is 0. The maximum Gasteiger partial charge on any atom is 0.0934 e. The van der Waals surface area contributed by atoms with Crippen molar-refractivity contribution >= 4 is 5.57 Å². The van der Waals surface area contributed by atoms with Crippen molar-refractivity contribution in [1.82, 2.24) is 0 Å². The van der Waals surface area contributed by atoms with Crippen LogP contribution in [-0.4, -0.2) is 0 Å². The van der Waals surface area contributed by atoms with E-state index in [9.17, 15) is 0 Å². The zero-order chi connectivity index (χ0) is 26.8. The van der Waals surface area contributed by atoms with Crippen molar-refractivity contribution in [2.75, 3.05) is 0 Å². The van der Waals surface area contributed by atoms with Crippen molar-refractivity contribution in [2.45, 2.75) is 87.5 Å². The monoisotopic (exact) mass is 500 g/mol. The molecule has 1 nitrogen and oxygen atoms in total. The number of allylic oxidation sites excluding steroid dienone is 4. The molecule has 0 aliphatic carbocycles. The first kappa shape index (κ1) is 33.9. The third-order valence-corrected chi connectivity index (χ3v) is 5.89. The molecule has 1 aromatic heterocycles. The quantitative estimate of drug-likeness (QED) is 0.225. The Bertz CT molecular complexity index is 1000. The Morgan fingerprint density at radius 2 is 1.41 bits per heavy atom. The largest absolute Gasteiger partial charge is 0.472 e. The molecule has 0 saturated heterocycles. The second-order valence-corrected chi connectivity index (χ2v) is 9.08. The van der Waals surface area contributed by atoms with Gasteiger partial charge in [-0.2, -0.15) is 0 Å². The van der Waals surface area contributed by atoms with Crippen LogP contribution in [0.15, 0.2) is 108 Å². The summed E-state index contributed by atoms with van der Waals surface area (Å²) >= 11 is 0. The Labute approximate surface area is 229 Å². The van der Waals surface area contributed by atoms with Crippen molar-refractivity contribution < 1.29 is 4.42 Å². The predicted octanol–water partition coefficient (Wildman–Crippen LogP) is 11.3. The Kier molecular flexibility index (Phi) is 18.4. The third-order valence-electron chi connectivity index (χ3n) is 5.89. The van der Waals surface area contributed by atoms with Gasteiger partial charge in [-0.15, -0.1) is 0 Å². The highest BCUT2D eigenvalue weighted by Gasteiger charge is 2.07. The van der Waals surface area contributed by atoms with Crippen molar-refractivity contribution in [3.63, 3.8) is 0 Å². The second-order valence-electron chi connectivity index (χ2n) is 9.08. The van der Waals surface area contributed by atoms with Gasteiger partial charge in [-0.25, -0.2) is 0 Å². The first-order valence-corrected chi connectivity index (χ1v) is 13.7. The van der Waals surface area contributed by atoms with Gasteiger partial charge in [0.05, 0.1) is 12.5 Å². The highest BCUT2D eigenvalue weighted by atomic mass is 16.3. The van der Waals surface area contributed by atoms with Crippen molar-refractivity contribution in [3.8, 4) is 0 Å². The Morgan fingerprint density at radius 3 is 1.97 bits per heavy atom. The molecule has 0 spiro atoms. The van der Waals surface area contributed by atoms with Crippen molar-refractivity contribution in [2.24, 2.45) is 5.92 Å². The molecule has 37 heavy (non-hydrogen) atoms. The molecular weight excluding hydrogens is 448 g/mol. The molecule has 0 unspecified atom stereocenters. The lowest BCUT2D eigenvalue weighted by Gasteiger charge is -2.13. The molecule has 202 valence electrons. The fourth-order valence-electron chi connectivity index (χ4n) is 3.82. The summed E-state index contributed by atoms with van der Waals surface area (Å²) in [6.07, 6.45) is 12.1. The van der Waals surface area contributed by atoms with E-state index >= 15 is 0 Å². The lowest BCUT2D eigenvalue weighted by atomic mass is 9.92. The third kappa shape index (κ3) is 13.2. The van der Waals surface area contributed by atoms with Gasteiger partial charge in [0, 0.05) is 0 Å². The molecule has 0 fully saturated rings. The first-order chi connectivity index (χ1) is 17.5. The van der Waals surface area contributed by atoms with Gasteiger partial charge in [0.2, 0.25) is 0 Å². The number of rotatable bonds is 12. The molecule has 1 heteroatoms. The van der Waals surface area contributed by atoms with E-state index in [4.69, 9.17) is 4.42 Å². The molecule has 0 saturated carbocycles. The van der Waals surface area contributed by atoms with Gasteiger partial charge in [0.25, 0.3) is 0 Å². The van der Waals surface area contributed by atoms with Gasteiger partial charge >= 0.3 is 0 Å². The lowest BCUT2D eigenvalue weighted by Crippen LogP contribution is -1.95. The van der Waals surface area contributed by atoms with E-state index in [1.807, 2.05) is 40.0 Å². The molecular formula is C36H52O. The summed E-state index contributed by atoms with van der Waals surface area (Å²) in [5, 5.41) is 0. The minimum Gasteiger partial charge on any atom is -0.472 e. The van der Waals surface area contributed by atoms with E-state index < -0.39 is 0 Å². The normalized spacial score (nSPS) is 10.4. The Morgan fingerprint density at radius 1 is 0.811 bits per heavy atom. The van der Waals surface area contributed by atoms with Crippen LogP contribution in [0.5, 0.6) is 0 Å². The lowest BCUT2D eigenvalue weighted by molar-refractivity contribution is 0.563. The van der Waals surface area contributed by atoms with Crippen LogP contribution in [-0.2, 0) is 19.3 Å². The topological polar surface area (TPSA) is 13.1 Å². The molecule has 0 N–H and O–H groups in total. The fourth-order valence-corrected chi connectivity index (χ4v) is 3.82. The van der Waals surface area contributed by atoms with Crippen LogP contribution in [0, 0.1) is 5.92 Å². The highest BCUT2D eigenvalue weighted by Crippen LogP contribution is 2.26. The molecule has 0 aliphatic heterocycles. The summed E-state index contributed by atoms with van der Waals surface area (Å²) < 4.78 is 5.14. The van der Waals surface area contributed by atoms with Gasteiger partial charge in [-0.3, -0.25) is 0 Å². The van der Waals surface area contributed by atoms with Gasteiger partial charge < -0.3 is 4.42 Å². The fraction of sp³-hybridized carbons (Fsp3) is 0.389. The summed E-state index contributed by atoms with van der Waals surface area (Å²) in [4.78, 5) is 0. The molecule has 0 amide bonds. The zero-order valence-electron chi connectivity index (χ0n) is 23.6. The molecule has 3 aromatic rings. The minimum atomic E-state index is 0. The van der Waals surface area contributed by atoms with E-state index in [0.717, 1.165) is 43.3 Å². The van der Waals surface area contributed by atoms with Crippen molar-refractivity contribution in [3.05, 3.63) is 126 Å². The maximum atomic E-state index is 5.14. The van der Waals surface area contributed by atoms with E-state index in [1.165, 1.54) is 34.2 Å². The van der Waals surface area contributed by atoms with Crippen LogP contribution in [0.2, 0.25) is 0 Å². The summed E-state index contributed by atoms with van der Waals surface area (Å²) in [5.41, 5.74) is 8.66. The molecule has 0 aliphatic rings. The van der Waals surface area contributed by atoms with Crippen LogP contribution < -0.4 is 0 Å². The van der Waals surface area contributed by atoms with Crippen LogP contribution in [0.25, 0.3) is 5.57 Å². The van der Waals surface area contributed by atoms with Gasteiger partial charge in [-0.1, -0.05) is 123 Å². The molecule has 3 rings (SSSR count). The number of aryl methyl sites for hydroxylation is 2. The highest BCUT2D eigenvalue weighted by molar-refractivity contribution is 5.69. The second kappa shape index (κ2) is 20.0. The number of hydrogen-bond donors (Lipinski definition) is 0. The van der Waals surface area contributed by atoms with Crippen molar-refractivity contribution in [1.29, 1.82) is 0 Å². The maximum absolute atomic E-state index is 5.14. The number of hydrogen-bond acceptors (Lipinski definition) is 1. The Balaban J connectivity index is 0.00000247. The summed E-state index contributed by atoms with van der Waals surface area (Å²) in [5.74, 6) is 0.678. The molecule has 0 radical (unpaired) electrons. The van der Waals surface area contributed by atoms with E-state index in [1.54, 1.807) is 6.26 Å². The van der Waals surface area contributed by atoms with Crippen LogP contribution in [0.3, 0.4) is 0 Å². The SMILES string of the molecule is C.C=C(/C=C(\CCC(C)C)c1ccccc1)C(=C)Cc1ccc(CCCc2ccoc2)cc1.CC.CC. The molecule has 0 bridgehead atoms. The van der Waals surface area contributed by atoms with Crippen LogP contribution >= 0.6 is 0 Å². The van der Waals surface area contributed by atoms with Gasteiger partial charge in [-0.05, 0) is 89.5 Å². The van der Waals surface area contributed by atoms with E-state index in [2.05, 4.69) is 87.7 Å². The van der Waals surface area contributed by atoms with E-state index in [-0.39, 0.29) is 7.43 Å². The first-order valence-electron chi connectivity index (χ1n) is 13.7. The average molecular weight is 501 g/mol. The number of benzene rings is 2. The van der Waals surface area contributed by atoms with Crippen LogP contribution in [0.1, 0.15) is 90.5 Å². The Hall–Kier alpha value is -3.06.